The molecule has 0 spiro atoms. The van der Waals surface area contributed by atoms with Gasteiger partial charge in [-0.25, -0.2) is 0 Å². The smallest absolute Gasteiger partial charge is 0.175 e. The average Bonchev–Trinajstić information content (AvgIpc) is 2.51. The van der Waals surface area contributed by atoms with Crippen LogP contribution in [-0.2, 0) is 0 Å². The number of nitrogens with one attached hydrogen (secondary N) is 2. The minimum absolute atomic E-state index is 0.483. The Balaban J connectivity index is 1.67. The molecular formula is C16H15ClN2O2S. The first-order valence-electron chi connectivity index (χ1n) is 6.85. The van der Waals surface area contributed by atoms with Crippen LogP contribution in [0.5, 0.6) is 11.5 Å². The summed E-state index contributed by atoms with van der Waals surface area (Å²) in [7, 11) is 0. The zero-order valence-corrected chi connectivity index (χ0v) is 13.6. The maximum atomic E-state index is 6.10. The molecule has 0 unspecified atom stereocenters. The van der Waals surface area contributed by atoms with Crippen molar-refractivity contribution in [3.63, 3.8) is 0 Å². The summed E-state index contributed by atoms with van der Waals surface area (Å²) in [5, 5.41) is 7.40. The Bertz CT molecular complexity index is 721. The van der Waals surface area contributed by atoms with E-state index in [2.05, 4.69) is 10.6 Å². The third-order valence-corrected chi connectivity index (χ3v) is 3.84. The van der Waals surface area contributed by atoms with Gasteiger partial charge in [-0.1, -0.05) is 17.7 Å². The molecule has 0 fully saturated rings. The van der Waals surface area contributed by atoms with Gasteiger partial charge in [0, 0.05) is 22.5 Å². The van der Waals surface area contributed by atoms with Crippen LogP contribution in [0.2, 0.25) is 5.02 Å². The number of fused-ring (bicyclic) bond motifs is 1. The molecule has 114 valence electrons. The molecule has 3 rings (SSSR count). The lowest BCUT2D eigenvalue weighted by molar-refractivity contribution is 0.171. The number of aryl methyl sites for hydroxylation is 1. The number of halogens is 1. The minimum atomic E-state index is 0.483. The van der Waals surface area contributed by atoms with Gasteiger partial charge in [0.2, 0.25) is 0 Å². The van der Waals surface area contributed by atoms with Crippen molar-refractivity contribution in [3.05, 3.63) is 47.0 Å². The summed E-state index contributed by atoms with van der Waals surface area (Å²) in [6, 6.07) is 11.3. The Hall–Kier alpha value is -1.98. The van der Waals surface area contributed by atoms with E-state index in [1.54, 1.807) is 0 Å². The van der Waals surface area contributed by atoms with Gasteiger partial charge in [0.1, 0.15) is 13.2 Å². The highest BCUT2D eigenvalue weighted by Crippen LogP contribution is 2.32. The van der Waals surface area contributed by atoms with Crippen LogP contribution in [0.1, 0.15) is 5.56 Å². The summed E-state index contributed by atoms with van der Waals surface area (Å²) < 4.78 is 11.0. The molecule has 0 saturated heterocycles. The lowest BCUT2D eigenvalue weighted by Gasteiger charge is -2.19. The molecule has 6 heteroatoms. The van der Waals surface area contributed by atoms with Crippen molar-refractivity contribution < 1.29 is 9.47 Å². The predicted molar refractivity (Wildman–Crippen MR) is 93.5 cm³/mol. The van der Waals surface area contributed by atoms with Crippen molar-refractivity contribution in [2.24, 2.45) is 0 Å². The highest BCUT2D eigenvalue weighted by atomic mass is 35.5. The van der Waals surface area contributed by atoms with E-state index in [-0.39, 0.29) is 0 Å². The summed E-state index contributed by atoms with van der Waals surface area (Å²) in [5.41, 5.74) is 2.70. The lowest BCUT2D eigenvalue weighted by Crippen LogP contribution is -2.20. The van der Waals surface area contributed by atoms with Gasteiger partial charge in [0.25, 0.3) is 0 Å². The van der Waals surface area contributed by atoms with E-state index in [0.717, 1.165) is 28.4 Å². The zero-order valence-electron chi connectivity index (χ0n) is 12.0. The fraction of sp³-hybridized carbons (Fsp3) is 0.188. The normalized spacial score (nSPS) is 12.6. The van der Waals surface area contributed by atoms with Gasteiger partial charge in [0.05, 0.1) is 0 Å². The van der Waals surface area contributed by atoms with Crippen LogP contribution in [-0.4, -0.2) is 18.3 Å². The van der Waals surface area contributed by atoms with Crippen LogP contribution in [0.15, 0.2) is 36.4 Å². The quantitative estimate of drug-likeness (QED) is 0.805. The predicted octanol–water partition coefficient (Wildman–Crippen LogP) is 4.23. The average molecular weight is 335 g/mol. The Labute approximate surface area is 139 Å². The molecule has 1 heterocycles. The van der Waals surface area contributed by atoms with E-state index in [1.807, 2.05) is 43.3 Å². The lowest BCUT2D eigenvalue weighted by atomic mass is 10.2. The highest BCUT2D eigenvalue weighted by molar-refractivity contribution is 7.80. The van der Waals surface area contributed by atoms with Crippen LogP contribution >= 0.6 is 23.8 Å². The third-order valence-electron chi connectivity index (χ3n) is 3.23. The van der Waals surface area contributed by atoms with E-state index >= 15 is 0 Å². The molecule has 0 bridgehead atoms. The molecule has 4 nitrogen and oxygen atoms in total. The van der Waals surface area contributed by atoms with E-state index in [1.165, 1.54) is 0 Å². The Morgan fingerprint density at radius 3 is 2.36 bits per heavy atom. The van der Waals surface area contributed by atoms with Crippen molar-refractivity contribution in [2.75, 3.05) is 23.8 Å². The van der Waals surface area contributed by atoms with E-state index < -0.39 is 0 Å². The molecule has 0 aromatic heterocycles. The second-order valence-electron chi connectivity index (χ2n) is 4.90. The standard InChI is InChI=1S/C16H15ClN2O2S/c1-10-2-3-11(8-13(10)17)18-16(22)19-12-4-5-14-15(9-12)21-7-6-20-14/h2-5,8-9H,6-7H2,1H3,(H2,18,19,22). The number of rotatable bonds is 2. The molecule has 22 heavy (non-hydrogen) atoms. The molecule has 0 saturated carbocycles. The fourth-order valence-corrected chi connectivity index (χ4v) is 2.50. The maximum absolute atomic E-state index is 6.10. The Kier molecular flexibility index (Phi) is 4.36. The Morgan fingerprint density at radius 1 is 1.00 bits per heavy atom. The first-order chi connectivity index (χ1) is 10.6. The monoisotopic (exact) mass is 334 g/mol. The SMILES string of the molecule is Cc1ccc(NC(=S)Nc2ccc3c(c2)OCCO3)cc1Cl. The molecule has 0 atom stereocenters. The van der Waals surface area contributed by atoms with E-state index in [4.69, 9.17) is 33.3 Å². The summed E-state index contributed by atoms with van der Waals surface area (Å²) in [6.07, 6.45) is 0. The van der Waals surface area contributed by atoms with Gasteiger partial charge in [-0.05, 0) is 49.0 Å². The van der Waals surface area contributed by atoms with Crippen LogP contribution in [0.3, 0.4) is 0 Å². The van der Waals surface area contributed by atoms with E-state index in [9.17, 15) is 0 Å². The molecule has 2 aromatic carbocycles. The van der Waals surface area contributed by atoms with Gasteiger partial charge >= 0.3 is 0 Å². The summed E-state index contributed by atoms with van der Waals surface area (Å²) >= 11 is 11.4. The van der Waals surface area contributed by atoms with Crippen LogP contribution in [0, 0.1) is 6.92 Å². The molecule has 2 aromatic rings. The molecular weight excluding hydrogens is 320 g/mol. The molecule has 2 N–H and O–H groups in total. The molecule has 0 radical (unpaired) electrons. The van der Waals surface area contributed by atoms with Gasteiger partial charge in [-0.3, -0.25) is 0 Å². The van der Waals surface area contributed by atoms with Gasteiger partial charge in [-0.15, -0.1) is 0 Å². The number of hydrogen-bond acceptors (Lipinski definition) is 3. The van der Waals surface area contributed by atoms with E-state index in [0.29, 0.717) is 23.3 Å². The molecule has 0 amide bonds. The van der Waals surface area contributed by atoms with Gasteiger partial charge in [-0.2, -0.15) is 0 Å². The van der Waals surface area contributed by atoms with Crippen molar-refractivity contribution in [1.29, 1.82) is 0 Å². The molecule has 1 aliphatic heterocycles. The highest BCUT2D eigenvalue weighted by Gasteiger charge is 2.12. The number of thiocarbonyl (C=S) groups is 1. The van der Waals surface area contributed by atoms with Crippen LogP contribution < -0.4 is 20.1 Å². The summed E-state index contributed by atoms with van der Waals surface area (Å²) in [4.78, 5) is 0. The van der Waals surface area contributed by atoms with Gasteiger partial charge < -0.3 is 20.1 Å². The van der Waals surface area contributed by atoms with Crippen molar-refractivity contribution in [3.8, 4) is 11.5 Å². The van der Waals surface area contributed by atoms with Crippen LogP contribution in [0.25, 0.3) is 0 Å². The third kappa shape index (κ3) is 3.43. The summed E-state index contributed by atoms with van der Waals surface area (Å²) in [6.45, 7) is 3.09. The van der Waals surface area contributed by atoms with Crippen molar-refractivity contribution in [1.82, 2.24) is 0 Å². The Morgan fingerprint density at radius 2 is 1.64 bits per heavy atom. The molecule has 0 aliphatic carbocycles. The largest absolute Gasteiger partial charge is 0.486 e. The van der Waals surface area contributed by atoms with Gasteiger partial charge in [0.15, 0.2) is 16.6 Å². The topological polar surface area (TPSA) is 42.5 Å². The first-order valence-corrected chi connectivity index (χ1v) is 7.64. The van der Waals surface area contributed by atoms with Crippen molar-refractivity contribution >= 4 is 40.3 Å². The second-order valence-corrected chi connectivity index (χ2v) is 5.72. The maximum Gasteiger partial charge on any atom is 0.175 e. The second kappa shape index (κ2) is 6.42. The summed E-state index contributed by atoms with van der Waals surface area (Å²) in [5.74, 6) is 1.47. The zero-order chi connectivity index (χ0) is 15.5. The number of benzene rings is 2. The number of anilines is 2. The van der Waals surface area contributed by atoms with Crippen LogP contribution in [0.4, 0.5) is 11.4 Å². The molecule has 1 aliphatic rings. The minimum Gasteiger partial charge on any atom is -0.486 e. The fourth-order valence-electron chi connectivity index (χ4n) is 2.09. The number of hydrogen-bond donors (Lipinski definition) is 2. The van der Waals surface area contributed by atoms with Crippen molar-refractivity contribution in [2.45, 2.75) is 6.92 Å². The number of ether oxygens (including phenoxy) is 2. The first kappa shape index (κ1) is 14.9.